The lowest BCUT2D eigenvalue weighted by Crippen LogP contribution is -2.46. The summed E-state index contributed by atoms with van der Waals surface area (Å²) >= 11 is 12.1. The molecule has 1 saturated heterocycles. The molecule has 1 aliphatic rings. The van der Waals surface area contributed by atoms with Gasteiger partial charge in [0, 0.05) is 32.4 Å². The van der Waals surface area contributed by atoms with Crippen molar-refractivity contribution in [1.82, 2.24) is 14.9 Å². The zero-order valence-electron chi connectivity index (χ0n) is 12.6. The molecule has 3 heterocycles. The van der Waals surface area contributed by atoms with Crippen LogP contribution in [0.3, 0.4) is 0 Å². The molecule has 1 aliphatic heterocycles. The zero-order valence-corrected chi connectivity index (χ0v) is 14.2. The van der Waals surface area contributed by atoms with Crippen molar-refractivity contribution >= 4 is 29.0 Å². The highest BCUT2D eigenvalue weighted by Gasteiger charge is 2.21. The van der Waals surface area contributed by atoms with Crippen molar-refractivity contribution in [2.24, 2.45) is 0 Å². The van der Waals surface area contributed by atoms with Crippen molar-refractivity contribution in [3.63, 3.8) is 0 Å². The van der Waals surface area contributed by atoms with Gasteiger partial charge in [0.15, 0.2) is 0 Å². The van der Waals surface area contributed by atoms with Gasteiger partial charge in [-0.3, -0.25) is 4.90 Å². The third kappa shape index (κ3) is 3.37. The van der Waals surface area contributed by atoms with Gasteiger partial charge in [0.05, 0.1) is 22.3 Å². The first-order valence-corrected chi connectivity index (χ1v) is 8.00. The first-order chi connectivity index (χ1) is 10.5. The molecule has 0 radical (unpaired) electrons. The van der Waals surface area contributed by atoms with E-state index in [2.05, 4.69) is 19.8 Å². The highest BCUT2D eigenvalue weighted by Crippen LogP contribution is 2.27. The van der Waals surface area contributed by atoms with Crippen LogP contribution in [0.5, 0.6) is 0 Å². The fourth-order valence-electron chi connectivity index (χ4n) is 2.56. The van der Waals surface area contributed by atoms with Gasteiger partial charge in [-0.2, -0.15) is 0 Å². The van der Waals surface area contributed by atoms with E-state index in [-0.39, 0.29) is 0 Å². The molecule has 0 atom stereocenters. The molecule has 0 saturated carbocycles. The normalized spacial score (nSPS) is 16.3. The Hall–Kier alpha value is -1.30. The minimum Gasteiger partial charge on any atom is -0.444 e. The van der Waals surface area contributed by atoms with Crippen LogP contribution < -0.4 is 4.90 Å². The van der Waals surface area contributed by atoms with Crippen LogP contribution in [-0.2, 0) is 6.54 Å². The Balaban J connectivity index is 1.60. The van der Waals surface area contributed by atoms with Gasteiger partial charge < -0.3 is 9.32 Å². The van der Waals surface area contributed by atoms with E-state index in [1.807, 2.05) is 13.8 Å². The third-order valence-corrected chi connectivity index (χ3v) is 4.38. The zero-order chi connectivity index (χ0) is 15.7. The molecule has 0 bridgehead atoms. The predicted molar refractivity (Wildman–Crippen MR) is 87.7 cm³/mol. The van der Waals surface area contributed by atoms with Crippen molar-refractivity contribution in [2.45, 2.75) is 20.4 Å². The van der Waals surface area contributed by atoms with Gasteiger partial charge in [0.1, 0.15) is 11.6 Å². The molecule has 7 heteroatoms. The number of hydrogen-bond donors (Lipinski definition) is 0. The van der Waals surface area contributed by atoms with E-state index >= 15 is 0 Å². The van der Waals surface area contributed by atoms with Crippen molar-refractivity contribution in [3.05, 3.63) is 39.7 Å². The van der Waals surface area contributed by atoms with Crippen LogP contribution in [0, 0.1) is 13.8 Å². The molecule has 2 aromatic rings. The molecule has 3 rings (SSSR count). The molecule has 0 aliphatic carbocycles. The van der Waals surface area contributed by atoms with Gasteiger partial charge in [-0.25, -0.2) is 9.97 Å². The Kier molecular flexibility index (Phi) is 4.57. The molecule has 0 aromatic carbocycles. The predicted octanol–water partition coefficient (Wildman–Crippen LogP) is 3.32. The average molecular weight is 341 g/mol. The summed E-state index contributed by atoms with van der Waals surface area (Å²) in [5.74, 6) is 2.48. The summed E-state index contributed by atoms with van der Waals surface area (Å²) in [5, 5.41) is 1.15. The number of halogens is 2. The van der Waals surface area contributed by atoms with Crippen molar-refractivity contribution in [2.75, 3.05) is 31.1 Å². The highest BCUT2D eigenvalue weighted by atomic mass is 35.5. The number of pyridine rings is 1. The first kappa shape index (κ1) is 15.6. The lowest BCUT2D eigenvalue weighted by atomic mass is 10.3. The fraction of sp³-hybridized carbons (Fsp3) is 0.467. The Morgan fingerprint density at radius 3 is 2.50 bits per heavy atom. The summed E-state index contributed by atoms with van der Waals surface area (Å²) in [6.45, 7) is 8.22. The van der Waals surface area contributed by atoms with E-state index in [4.69, 9.17) is 27.6 Å². The minimum absolute atomic E-state index is 0.557. The van der Waals surface area contributed by atoms with E-state index in [0.29, 0.717) is 10.0 Å². The molecule has 2 aromatic heterocycles. The van der Waals surface area contributed by atoms with Crippen molar-refractivity contribution in [1.29, 1.82) is 0 Å². The monoisotopic (exact) mass is 340 g/mol. The molecule has 0 amide bonds. The number of nitrogens with zero attached hydrogens (tertiary/aromatic N) is 4. The van der Waals surface area contributed by atoms with E-state index in [0.717, 1.165) is 55.9 Å². The summed E-state index contributed by atoms with van der Waals surface area (Å²) in [5.41, 5.74) is 0.964. The smallest absolute Gasteiger partial charge is 0.208 e. The second-order valence-electron chi connectivity index (χ2n) is 5.47. The Morgan fingerprint density at radius 2 is 1.91 bits per heavy atom. The fourth-order valence-corrected chi connectivity index (χ4v) is 3.06. The Labute approximate surface area is 139 Å². The van der Waals surface area contributed by atoms with Gasteiger partial charge in [0.25, 0.3) is 0 Å². The maximum atomic E-state index is 6.22. The van der Waals surface area contributed by atoms with Gasteiger partial charge >= 0.3 is 0 Å². The summed E-state index contributed by atoms with van der Waals surface area (Å²) in [4.78, 5) is 13.3. The largest absolute Gasteiger partial charge is 0.444 e. The molecular formula is C15H18Cl2N4O. The SMILES string of the molecule is Cc1nc(CN2CCN(c3ncc(Cl)cc3Cl)CC2)oc1C. The van der Waals surface area contributed by atoms with Crippen LogP contribution in [0.4, 0.5) is 5.82 Å². The summed E-state index contributed by atoms with van der Waals surface area (Å²) in [7, 11) is 0. The lowest BCUT2D eigenvalue weighted by molar-refractivity contribution is 0.224. The second kappa shape index (κ2) is 6.44. The van der Waals surface area contributed by atoms with Crippen LogP contribution in [0.2, 0.25) is 10.0 Å². The topological polar surface area (TPSA) is 45.4 Å². The lowest BCUT2D eigenvalue weighted by Gasteiger charge is -2.35. The Morgan fingerprint density at radius 1 is 1.18 bits per heavy atom. The summed E-state index contributed by atoms with van der Waals surface area (Å²) < 4.78 is 5.65. The maximum absolute atomic E-state index is 6.22. The molecule has 1 fully saturated rings. The number of aromatic nitrogens is 2. The molecule has 5 nitrogen and oxygen atoms in total. The minimum atomic E-state index is 0.557. The number of piperazine rings is 1. The van der Waals surface area contributed by atoms with Gasteiger partial charge in [-0.05, 0) is 19.9 Å². The van der Waals surface area contributed by atoms with Crippen LogP contribution in [0.15, 0.2) is 16.7 Å². The molecule has 0 spiro atoms. The van der Waals surface area contributed by atoms with Gasteiger partial charge in [-0.15, -0.1) is 0 Å². The number of aryl methyl sites for hydroxylation is 2. The molecule has 118 valence electrons. The van der Waals surface area contributed by atoms with E-state index in [9.17, 15) is 0 Å². The van der Waals surface area contributed by atoms with Crippen LogP contribution in [0.1, 0.15) is 17.3 Å². The van der Waals surface area contributed by atoms with E-state index in [1.54, 1.807) is 12.3 Å². The van der Waals surface area contributed by atoms with Crippen LogP contribution in [-0.4, -0.2) is 41.0 Å². The number of rotatable bonds is 3. The number of oxazole rings is 1. The third-order valence-electron chi connectivity index (χ3n) is 3.89. The standard InChI is InChI=1S/C15H18Cl2N4O/c1-10-11(2)22-14(19-10)9-20-3-5-21(6-4-20)15-13(17)7-12(16)8-18-15/h7-8H,3-6,9H2,1-2H3. The highest BCUT2D eigenvalue weighted by molar-refractivity contribution is 6.36. The second-order valence-corrected chi connectivity index (χ2v) is 6.31. The van der Waals surface area contributed by atoms with Crippen molar-refractivity contribution < 1.29 is 4.42 Å². The van der Waals surface area contributed by atoms with Crippen LogP contribution >= 0.6 is 23.2 Å². The summed E-state index contributed by atoms with van der Waals surface area (Å²) in [6.07, 6.45) is 1.63. The quantitative estimate of drug-likeness (QED) is 0.857. The molecule has 0 unspecified atom stereocenters. The summed E-state index contributed by atoms with van der Waals surface area (Å²) in [6, 6.07) is 1.73. The molecule has 22 heavy (non-hydrogen) atoms. The number of anilines is 1. The van der Waals surface area contributed by atoms with Gasteiger partial charge in [0.2, 0.25) is 5.89 Å². The maximum Gasteiger partial charge on any atom is 0.208 e. The molecule has 0 N–H and O–H groups in total. The average Bonchev–Trinajstić information content (AvgIpc) is 2.78. The van der Waals surface area contributed by atoms with Gasteiger partial charge in [-0.1, -0.05) is 23.2 Å². The Bertz CT molecular complexity index is 646. The van der Waals surface area contributed by atoms with E-state index < -0.39 is 0 Å². The first-order valence-electron chi connectivity index (χ1n) is 7.24. The number of hydrogen-bond acceptors (Lipinski definition) is 5. The molecular weight excluding hydrogens is 323 g/mol. The van der Waals surface area contributed by atoms with Crippen LogP contribution in [0.25, 0.3) is 0 Å². The van der Waals surface area contributed by atoms with E-state index in [1.165, 1.54) is 0 Å². The van der Waals surface area contributed by atoms with Crippen molar-refractivity contribution in [3.8, 4) is 0 Å².